The van der Waals surface area contributed by atoms with Gasteiger partial charge in [0, 0.05) is 13.5 Å². The van der Waals surface area contributed by atoms with Gasteiger partial charge in [-0.3, -0.25) is 4.79 Å². The zero-order valence-electron chi connectivity index (χ0n) is 7.98. The molecule has 0 atom stereocenters. The van der Waals surface area contributed by atoms with Crippen molar-refractivity contribution in [1.82, 2.24) is 4.37 Å². The van der Waals surface area contributed by atoms with Gasteiger partial charge in [-0.2, -0.15) is 4.37 Å². The number of nitrogens with zero attached hydrogens (tertiary/aromatic N) is 2. The fraction of sp³-hybridized carbons (Fsp3) is 0.333. The van der Waals surface area contributed by atoms with Crippen LogP contribution in [0.3, 0.4) is 0 Å². The van der Waals surface area contributed by atoms with Gasteiger partial charge in [0.05, 0.1) is 10.2 Å². The Morgan fingerprint density at radius 1 is 1.64 bits per heavy atom. The maximum atomic E-state index is 11.3. The molecule has 0 unspecified atom stereocenters. The zero-order chi connectivity index (χ0) is 10.1. The van der Waals surface area contributed by atoms with Gasteiger partial charge in [-0.25, -0.2) is 0 Å². The monoisotopic (exact) mass is 226 g/mol. The number of rotatable bonds is 2. The Morgan fingerprint density at radius 2 is 2.43 bits per heavy atom. The van der Waals surface area contributed by atoms with Gasteiger partial charge < -0.3 is 4.90 Å². The summed E-state index contributed by atoms with van der Waals surface area (Å²) in [6, 6.07) is 1.98. The summed E-state index contributed by atoms with van der Waals surface area (Å²) >= 11 is 3.03. The highest BCUT2D eigenvalue weighted by atomic mass is 32.1. The number of hydrogen-bond acceptors (Lipinski definition) is 4. The van der Waals surface area contributed by atoms with Gasteiger partial charge in [-0.1, -0.05) is 0 Å². The largest absolute Gasteiger partial charge is 0.302 e. The van der Waals surface area contributed by atoms with E-state index in [-0.39, 0.29) is 5.91 Å². The molecule has 0 N–H and O–H groups in total. The van der Waals surface area contributed by atoms with Crippen LogP contribution in [0.2, 0.25) is 0 Å². The van der Waals surface area contributed by atoms with Crippen molar-refractivity contribution in [3.05, 3.63) is 11.4 Å². The summed E-state index contributed by atoms with van der Waals surface area (Å²) in [7, 11) is 0. The highest BCUT2D eigenvalue weighted by Gasteiger charge is 2.16. The number of hydrogen-bond donors (Lipinski definition) is 0. The normalized spacial score (nSPS) is 10.7. The fourth-order valence-electron chi connectivity index (χ4n) is 1.35. The number of fused-ring (bicyclic) bond motifs is 1. The molecule has 0 saturated carbocycles. The molecular weight excluding hydrogens is 216 g/mol. The summed E-state index contributed by atoms with van der Waals surface area (Å²) < 4.78 is 5.41. The van der Waals surface area contributed by atoms with Crippen molar-refractivity contribution in [2.24, 2.45) is 0 Å². The van der Waals surface area contributed by atoms with Crippen molar-refractivity contribution in [1.29, 1.82) is 0 Å². The van der Waals surface area contributed by atoms with Crippen LogP contribution in [0.4, 0.5) is 5.00 Å². The summed E-state index contributed by atoms with van der Waals surface area (Å²) in [6.07, 6.45) is 0. The predicted octanol–water partition coefficient (Wildman–Crippen LogP) is 2.73. The Balaban J connectivity index is 2.51. The highest BCUT2D eigenvalue weighted by Crippen LogP contribution is 2.34. The Hall–Kier alpha value is -0.940. The van der Waals surface area contributed by atoms with Crippen molar-refractivity contribution >= 4 is 44.0 Å². The van der Waals surface area contributed by atoms with E-state index < -0.39 is 0 Å². The molecule has 0 aliphatic rings. The molecule has 2 rings (SSSR count). The number of anilines is 1. The molecule has 0 radical (unpaired) electrons. The Kier molecular flexibility index (Phi) is 2.52. The van der Waals surface area contributed by atoms with Crippen molar-refractivity contribution < 1.29 is 4.79 Å². The van der Waals surface area contributed by atoms with E-state index in [4.69, 9.17) is 0 Å². The second kappa shape index (κ2) is 3.67. The van der Waals surface area contributed by atoms with Crippen LogP contribution in [0, 0.1) is 0 Å². The lowest BCUT2D eigenvalue weighted by Gasteiger charge is -2.15. The molecule has 74 valence electrons. The van der Waals surface area contributed by atoms with E-state index in [2.05, 4.69) is 4.37 Å². The van der Waals surface area contributed by atoms with Crippen LogP contribution < -0.4 is 4.90 Å². The SMILES string of the molecule is CCN(C(C)=O)c1snc2ccsc12. The molecule has 2 aromatic rings. The van der Waals surface area contributed by atoms with E-state index in [1.165, 1.54) is 11.5 Å². The molecule has 0 saturated heterocycles. The van der Waals surface area contributed by atoms with Gasteiger partial charge in [-0.15, -0.1) is 11.3 Å². The fourth-order valence-corrected chi connectivity index (χ4v) is 3.32. The topological polar surface area (TPSA) is 33.2 Å². The summed E-state index contributed by atoms with van der Waals surface area (Å²) in [5.74, 6) is 0.0754. The summed E-state index contributed by atoms with van der Waals surface area (Å²) in [5, 5.41) is 2.98. The van der Waals surface area contributed by atoms with Gasteiger partial charge in [0.1, 0.15) is 5.00 Å². The van der Waals surface area contributed by atoms with Crippen LogP contribution in [0.5, 0.6) is 0 Å². The van der Waals surface area contributed by atoms with Crippen molar-refractivity contribution in [3.63, 3.8) is 0 Å². The quantitative estimate of drug-likeness (QED) is 0.789. The molecule has 5 heteroatoms. The molecule has 1 amide bonds. The third-order valence-electron chi connectivity index (χ3n) is 2.01. The van der Waals surface area contributed by atoms with E-state index in [1.807, 2.05) is 18.4 Å². The van der Waals surface area contributed by atoms with E-state index >= 15 is 0 Å². The minimum absolute atomic E-state index is 0.0754. The van der Waals surface area contributed by atoms with Crippen LogP contribution in [-0.2, 0) is 4.79 Å². The minimum Gasteiger partial charge on any atom is -0.302 e. The number of carbonyl (C=O) groups is 1. The molecule has 3 nitrogen and oxygen atoms in total. The van der Waals surface area contributed by atoms with Gasteiger partial charge >= 0.3 is 0 Å². The summed E-state index contributed by atoms with van der Waals surface area (Å²) in [6.45, 7) is 4.26. The smallest absolute Gasteiger partial charge is 0.224 e. The van der Waals surface area contributed by atoms with E-state index in [1.54, 1.807) is 23.2 Å². The number of thiophene rings is 1. The van der Waals surface area contributed by atoms with Crippen molar-refractivity contribution in [3.8, 4) is 0 Å². The van der Waals surface area contributed by atoms with E-state index in [0.717, 1.165) is 15.2 Å². The molecule has 2 heterocycles. The molecule has 0 fully saturated rings. The second-order valence-electron chi connectivity index (χ2n) is 2.89. The minimum atomic E-state index is 0.0754. The second-order valence-corrected chi connectivity index (χ2v) is 4.55. The standard InChI is InChI=1S/C9H10N2OS2/c1-3-11(6(2)12)9-8-7(10-14-9)4-5-13-8/h4-5H,3H2,1-2H3. The average molecular weight is 226 g/mol. The predicted molar refractivity (Wildman–Crippen MR) is 61.2 cm³/mol. The van der Waals surface area contributed by atoms with Crippen LogP contribution >= 0.6 is 22.9 Å². The first kappa shape index (κ1) is 9.61. The molecule has 0 spiro atoms. The highest BCUT2D eigenvalue weighted by molar-refractivity contribution is 7.23. The van der Waals surface area contributed by atoms with Crippen molar-refractivity contribution in [2.45, 2.75) is 13.8 Å². The lowest BCUT2D eigenvalue weighted by atomic mass is 10.4. The third-order valence-corrected chi connectivity index (χ3v) is 3.94. The lowest BCUT2D eigenvalue weighted by Crippen LogP contribution is -2.26. The van der Waals surface area contributed by atoms with Gasteiger partial charge in [0.2, 0.25) is 5.91 Å². The Labute approximate surface area is 90.1 Å². The lowest BCUT2D eigenvalue weighted by molar-refractivity contribution is -0.116. The molecule has 2 aromatic heterocycles. The molecular formula is C9H10N2OS2. The van der Waals surface area contributed by atoms with Crippen LogP contribution in [0.15, 0.2) is 11.4 Å². The average Bonchev–Trinajstić information content (AvgIpc) is 2.69. The maximum absolute atomic E-state index is 11.3. The van der Waals surface area contributed by atoms with E-state index in [9.17, 15) is 4.79 Å². The van der Waals surface area contributed by atoms with Gasteiger partial charge in [0.25, 0.3) is 0 Å². The first-order chi connectivity index (χ1) is 6.74. The van der Waals surface area contributed by atoms with Crippen LogP contribution in [0.25, 0.3) is 10.2 Å². The molecule has 0 aromatic carbocycles. The third kappa shape index (κ3) is 1.42. The molecule has 0 bridgehead atoms. The Bertz CT molecular complexity index is 460. The summed E-state index contributed by atoms with van der Waals surface area (Å²) in [5.41, 5.74) is 0.995. The van der Waals surface area contributed by atoms with Crippen LogP contribution in [-0.4, -0.2) is 16.8 Å². The van der Waals surface area contributed by atoms with Crippen LogP contribution in [0.1, 0.15) is 13.8 Å². The zero-order valence-corrected chi connectivity index (χ0v) is 9.61. The van der Waals surface area contributed by atoms with Gasteiger partial charge in [-0.05, 0) is 29.9 Å². The first-order valence-corrected chi connectivity index (χ1v) is 6.00. The number of aromatic nitrogens is 1. The first-order valence-electron chi connectivity index (χ1n) is 4.35. The molecule has 0 aliphatic carbocycles. The maximum Gasteiger partial charge on any atom is 0.224 e. The molecule has 14 heavy (non-hydrogen) atoms. The summed E-state index contributed by atoms with van der Waals surface area (Å²) in [4.78, 5) is 13.1. The number of amides is 1. The Morgan fingerprint density at radius 3 is 3.07 bits per heavy atom. The van der Waals surface area contributed by atoms with Gasteiger partial charge in [0.15, 0.2) is 0 Å². The van der Waals surface area contributed by atoms with Crippen molar-refractivity contribution in [2.75, 3.05) is 11.4 Å². The molecule has 0 aliphatic heterocycles. The number of carbonyl (C=O) groups excluding carboxylic acids is 1. The van der Waals surface area contributed by atoms with E-state index in [0.29, 0.717) is 6.54 Å².